The van der Waals surface area contributed by atoms with Gasteiger partial charge in [-0.1, -0.05) is 12.1 Å². The van der Waals surface area contributed by atoms with Crippen molar-refractivity contribution in [2.24, 2.45) is 0 Å². The summed E-state index contributed by atoms with van der Waals surface area (Å²) in [4.78, 5) is 17.5. The number of rotatable bonds is 9. The molecule has 7 nitrogen and oxygen atoms in total. The average molecular weight is 538 g/mol. The maximum Gasteiger partial charge on any atom is 0.255 e. The van der Waals surface area contributed by atoms with E-state index in [1.165, 1.54) is 5.56 Å². The summed E-state index contributed by atoms with van der Waals surface area (Å²) < 4.78 is 11.0. The fourth-order valence-corrected chi connectivity index (χ4v) is 4.98. The van der Waals surface area contributed by atoms with Crippen LogP contribution in [0.3, 0.4) is 0 Å². The summed E-state index contributed by atoms with van der Waals surface area (Å²) >= 11 is 0. The van der Waals surface area contributed by atoms with Gasteiger partial charge in [0.1, 0.15) is 17.2 Å². The highest BCUT2D eigenvalue weighted by Crippen LogP contribution is 2.29. The van der Waals surface area contributed by atoms with Gasteiger partial charge >= 0.3 is 0 Å². The number of hydrogen-bond acceptors (Lipinski definition) is 6. The number of carbonyl (C=O) groups is 1. The summed E-state index contributed by atoms with van der Waals surface area (Å²) in [6.07, 6.45) is 0. The van der Waals surface area contributed by atoms with E-state index in [1.807, 2.05) is 73.7 Å². The van der Waals surface area contributed by atoms with Crippen LogP contribution in [0.1, 0.15) is 22.8 Å². The van der Waals surface area contributed by atoms with Crippen LogP contribution in [0, 0.1) is 0 Å². The van der Waals surface area contributed by atoms with Crippen LogP contribution in [0.15, 0.2) is 91.0 Å². The van der Waals surface area contributed by atoms with Crippen molar-refractivity contribution in [1.82, 2.24) is 4.90 Å². The predicted molar refractivity (Wildman–Crippen MR) is 160 cm³/mol. The molecule has 1 amide bonds. The van der Waals surface area contributed by atoms with Crippen LogP contribution in [0.2, 0.25) is 0 Å². The van der Waals surface area contributed by atoms with E-state index in [4.69, 9.17) is 9.47 Å². The first-order valence-corrected chi connectivity index (χ1v) is 13.6. The molecule has 4 aromatic carbocycles. The number of hydrogen-bond donors (Lipinski definition) is 2. The number of methoxy groups -OCH3 is 1. The molecule has 0 unspecified atom stereocenters. The van der Waals surface area contributed by atoms with Gasteiger partial charge < -0.3 is 24.8 Å². The fourth-order valence-electron chi connectivity index (χ4n) is 4.98. The second-order valence-electron chi connectivity index (χ2n) is 9.84. The molecule has 40 heavy (non-hydrogen) atoms. The third kappa shape index (κ3) is 6.74. The Morgan fingerprint density at radius 2 is 1.60 bits per heavy atom. The number of amides is 1. The zero-order valence-corrected chi connectivity index (χ0v) is 23.0. The molecule has 0 saturated carbocycles. The molecule has 206 valence electrons. The first-order valence-electron chi connectivity index (χ1n) is 13.6. The van der Waals surface area contributed by atoms with Gasteiger partial charge in [0.25, 0.3) is 5.91 Å². The van der Waals surface area contributed by atoms with E-state index in [0.717, 1.165) is 66.7 Å². The molecule has 0 aromatic heterocycles. The second-order valence-corrected chi connectivity index (χ2v) is 9.84. The van der Waals surface area contributed by atoms with Crippen molar-refractivity contribution in [3.63, 3.8) is 0 Å². The Labute approximate surface area is 235 Å². The summed E-state index contributed by atoms with van der Waals surface area (Å²) in [6, 6.07) is 28.7. The molecule has 1 aliphatic rings. The van der Waals surface area contributed by atoms with Crippen molar-refractivity contribution in [2.75, 3.05) is 50.1 Å². The lowest BCUT2D eigenvalue weighted by Crippen LogP contribution is -2.46. The fraction of sp³-hybridized carbons (Fsp3) is 0.242. The number of anilines is 2. The Hall–Kier alpha value is -4.49. The number of nitrogens with one attached hydrogen (secondary N) is 1. The molecule has 1 fully saturated rings. The Balaban J connectivity index is 1.18. The topological polar surface area (TPSA) is 74.3 Å². The number of piperazine rings is 1. The summed E-state index contributed by atoms with van der Waals surface area (Å²) in [5, 5.41) is 12.9. The Kier molecular flexibility index (Phi) is 8.52. The lowest BCUT2D eigenvalue weighted by atomic mass is 10.0. The highest BCUT2D eigenvalue weighted by atomic mass is 16.5. The van der Waals surface area contributed by atoms with Crippen molar-refractivity contribution in [2.45, 2.75) is 13.5 Å². The van der Waals surface area contributed by atoms with E-state index in [-0.39, 0.29) is 11.7 Å². The molecule has 0 radical (unpaired) electrons. The number of nitrogens with zero attached hydrogens (tertiary/aromatic N) is 2. The van der Waals surface area contributed by atoms with Gasteiger partial charge in [-0.3, -0.25) is 9.69 Å². The molecule has 1 saturated heterocycles. The summed E-state index contributed by atoms with van der Waals surface area (Å²) in [6.45, 7) is 7.08. The molecule has 1 aliphatic heterocycles. The summed E-state index contributed by atoms with van der Waals surface area (Å²) in [5.74, 6) is 1.71. The molecule has 7 heteroatoms. The van der Waals surface area contributed by atoms with Gasteiger partial charge in [-0.25, -0.2) is 0 Å². The average Bonchev–Trinajstić information content (AvgIpc) is 2.98. The van der Waals surface area contributed by atoms with Gasteiger partial charge in [0.2, 0.25) is 0 Å². The number of carbonyl (C=O) groups excluding carboxylic acids is 1. The van der Waals surface area contributed by atoms with Gasteiger partial charge in [0.05, 0.1) is 13.7 Å². The summed E-state index contributed by atoms with van der Waals surface area (Å²) in [5.41, 5.74) is 5.65. The molecule has 0 spiro atoms. The Morgan fingerprint density at radius 3 is 2.27 bits per heavy atom. The van der Waals surface area contributed by atoms with Gasteiger partial charge in [0, 0.05) is 49.7 Å². The van der Waals surface area contributed by atoms with E-state index >= 15 is 0 Å². The number of phenols is 1. The van der Waals surface area contributed by atoms with Crippen LogP contribution in [0.5, 0.6) is 17.2 Å². The zero-order chi connectivity index (χ0) is 27.9. The lowest BCUT2D eigenvalue weighted by molar-refractivity contribution is 0.102. The third-order valence-electron chi connectivity index (χ3n) is 7.08. The first-order chi connectivity index (χ1) is 19.5. The lowest BCUT2D eigenvalue weighted by Gasteiger charge is -2.36. The standard InChI is InChI=1S/C33H35N3O4/c1-3-40-32-20-24(19-27(22-32)26-5-4-6-30(37)21-26)23-35-15-17-36(18-16-35)29-11-7-25(8-12-29)33(38)34-28-9-13-31(39-2)14-10-28/h4-14,19-22,37H,3,15-18,23H2,1-2H3,(H,34,38). The van der Waals surface area contributed by atoms with Crippen molar-refractivity contribution < 1.29 is 19.4 Å². The minimum Gasteiger partial charge on any atom is -0.508 e. The highest BCUT2D eigenvalue weighted by Gasteiger charge is 2.19. The van der Waals surface area contributed by atoms with Gasteiger partial charge in [-0.05, 0) is 102 Å². The number of aromatic hydroxyl groups is 1. The minimum absolute atomic E-state index is 0.138. The molecular formula is C33H35N3O4. The highest BCUT2D eigenvalue weighted by molar-refractivity contribution is 6.04. The van der Waals surface area contributed by atoms with E-state index < -0.39 is 0 Å². The monoisotopic (exact) mass is 537 g/mol. The van der Waals surface area contributed by atoms with Crippen LogP contribution in [0.4, 0.5) is 11.4 Å². The zero-order valence-electron chi connectivity index (χ0n) is 23.0. The van der Waals surface area contributed by atoms with Crippen LogP contribution in [-0.2, 0) is 6.54 Å². The van der Waals surface area contributed by atoms with E-state index in [9.17, 15) is 9.90 Å². The van der Waals surface area contributed by atoms with Crippen molar-refractivity contribution in [3.8, 4) is 28.4 Å². The molecule has 5 rings (SSSR count). The normalized spacial score (nSPS) is 13.6. The van der Waals surface area contributed by atoms with E-state index in [1.54, 1.807) is 19.2 Å². The molecule has 0 atom stereocenters. The Morgan fingerprint density at radius 1 is 0.850 bits per heavy atom. The van der Waals surface area contributed by atoms with Crippen molar-refractivity contribution in [1.29, 1.82) is 0 Å². The number of benzene rings is 4. The molecule has 0 bridgehead atoms. The predicted octanol–water partition coefficient (Wildman–Crippen LogP) is 6.04. The molecule has 4 aromatic rings. The van der Waals surface area contributed by atoms with Gasteiger partial charge in [-0.2, -0.15) is 0 Å². The molecule has 0 aliphatic carbocycles. The summed E-state index contributed by atoms with van der Waals surface area (Å²) in [7, 11) is 1.62. The van der Waals surface area contributed by atoms with Crippen LogP contribution >= 0.6 is 0 Å². The SMILES string of the molecule is CCOc1cc(CN2CCN(c3ccc(C(=O)Nc4ccc(OC)cc4)cc3)CC2)cc(-c2cccc(O)c2)c1. The first kappa shape index (κ1) is 27.1. The van der Waals surface area contributed by atoms with Crippen LogP contribution in [-0.4, -0.2) is 55.8 Å². The smallest absolute Gasteiger partial charge is 0.255 e. The number of phenolic OH excluding ortho intramolecular Hbond substituents is 1. The largest absolute Gasteiger partial charge is 0.508 e. The van der Waals surface area contributed by atoms with Crippen LogP contribution < -0.4 is 19.7 Å². The molecular weight excluding hydrogens is 502 g/mol. The van der Waals surface area contributed by atoms with Gasteiger partial charge in [0.15, 0.2) is 0 Å². The van der Waals surface area contributed by atoms with E-state index in [0.29, 0.717) is 12.2 Å². The van der Waals surface area contributed by atoms with Crippen molar-refractivity contribution in [3.05, 3.63) is 102 Å². The van der Waals surface area contributed by atoms with Crippen LogP contribution in [0.25, 0.3) is 11.1 Å². The second kappa shape index (κ2) is 12.6. The maximum absolute atomic E-state index is 12.7. The third-order valence-corrected chi connectivity index (χ3v) is 7.08. The molecule has 2 N–H and O–H groups in total. The molecule has 1 heterocycles. The van der Waals surface area contributed by atoms with E-state index in [2.05, 4.69) is 27.2 Å². The Bertz CT molecular complexity index is 1430. The maximum atomic E-state index is 12.7. The minimum atomic E-state index is -0.138. The number of ether oxygens (including phenoxy) is 2. The van der Waals surface area contributed by atoms with Gasteiger partial charge in [-0.15, -0.1) is 0 Å². The van der Waals surface area contributed by atoms with Crippen molar-refractivity contribution >= 4 is 17.3 Å². The quantitative estimate of drug-likeness (QED) is 0.271.